The maximum atomic E-state index is 6.15. The molecule has 1 aromatic rings. The van der Waals surface area contributed by atoms with Crippen molar-refractivity contribution >= 4 is 12.6 Å². The Morgan fingerprint density at radius 1 is 1.11 bits per heavy atom. The maximum absolute atomic E-state index is 6.15. The lowest BCUT2D eigenvalue weighted by molar-refractivity contribution is 0.00578. The predicted molar refractivity (Wildman–Crippen MR) is 77.5 cm³/mol. The summed E-state index contributed by atoms with van der Waals surface area (Å²) in [7, 11) is -0.273. The zero-order valence-corrected chi connectivity index (χ0v) is 12.2. The first-order chi connectivity index (χ1) is 8.80. The molecule has 1 aliphatic carbocycles. The van der Waals surface area contributed by atoms with Gasteiger partial charge in [-0.25, -0.2) is 0 Å². The fourth-order valence-corrected chi connectivity index (χ4v) is 2.90. The lowest BCUT2D eigenvalue weighted by Crippen LogP contribution is -2.41. The Balaban J connectivity index is 1.96. The highest BCUT2D eigenvalue weighted by Gasteiger charge is 2.52. The van der Waals surface area contributed by atoms with E-state index in [0.717, 1.165) is 18.3 Å². The zero-order valence-electron chi connectivity index (χ0n) is 12.2. The molecule has 1 aliphatic heterocycles. The molecule has 2 N–H and O–H groups in total. The van der Waals surface area contributed by atoms with E-state index in [0.29, 0.717) is 0 Å². The van der Waals surface area contributed by atoms with Gasteiger partial charge in [0.05, 0.1) is 11.2 Å². The van der Waals surface area contributed by atoms with E-state index in [2.05, 4.69) is 45.9 Å². The van der Waals surface area contributed by atoms with Gasteiger partial charge in [-0.1, -0.05) is 18.2 Å². The maximum Gasteiger partial charge on any atom is 0.495 e. The number of hydrogen-bond donors (Lipinski definition) is 1. The molecule has 1 atom stereocenters. The van der Waals surface area contributed by atoms with E-state index < -0.39 is 0 Å². The largest absolute Gasteiger partial charge is 0.495 e. The van der Waals surface area contributed by atoms with Gasteiger partial charge in [0.15, 0.2) is 0 Å². The summed E-state index contributed by atoms with van der Waals surface area (Å²) in [5.74, 6) is 0. The van der Waals surface area contributed by atoms with Crippen LogP contribution in [0.5, 0.6) is 0 Å². The molecule has 0 bridgehead atoms. The Bertz CT molecular complexity index is 497. The Kier molecular flexibility index (Phi) is 2.82. The van der Waals surface area contributed by atoms with E-state index >= 15 is 0 Å². The Labute approximate surface area is 115 Å². The van der Waals surface area contributed by atoms with Crippen molar-refractivity contribution < 1.29 is 9.31 Å². The molecule has 1 fully saturated rings. The highest BCUT2D eigenvalue weighted by molar-refractivity contribution is 6.62. The van der Waals surface area contributed by atoms with Gasteiger partial charge in [0.2, 0.25) is 0 Å². The quantitative estimate of drug-likeness (QED) is 0.775. The summed E-state index contributed by atoms with van der Waals surface area (Å²) in [6.07, 6.45) is 1.89. The third kappa shape index (κ3) is 2.02. The average Bonchev–Trinajstić information content (AvgIpc) is 2.75. The molecule has 2 aliphatic rings. The van der Waals surface area contributed by atoms with E-state index in [1.165, 1.54) is 11.1 Å². The first kappa shape index (κ1) is 13.2. The number of rotatable bonds is 1. The molecule has 3 nitrogen and oxygen atoms in total. The minimum Gasteiger partial charge on any atom is -0.399 e. The van der Waals surface area contributed by atoms with Crippen molar-refractivity contribution in [3.63, 3.8) is 0 Å². The van der Waals surface area contributed by atoms with Crippen molar-refractivity contribution in [3.05, 3.63) is 29.3 Å². The second-order valence-electron chi connectivity index (χ2n) is 6.74. The van der Waals surface area contributed by atoms with Crippen LogP contribution in [0.3, 0.4) is 0 Å². The van der Waals surface area contributed by atoms with Crippen LogP contribution in [-0.4, -0.2) is 24.4 Å². The van der Waals surface area contributed by atoms with Crippen LogP contribution in [0.15, 0.2) is 18.2 Å². The minimum atomic E-state index is -0.291. The van der Waals surface area contributed by atoms with Gasteiger partial charge in [-0.3, -0.25) is 0 Å². The van der Waals surface area contributed by atoms with E-state index in [4.69, 9.17) is 15.0 Å². The van der Waals surface area contributed by atoms with Crippen LogP contribution in [0, 0.1) is 0 Å². The SMILES string of the molecule is CC1(C)OB(c2cccc3c2C[C@@H](N)C3)OC1(C)C. The molecule has 4 heteroatoms. The lowest BCUT2D eigenvalue weighted by Gasteiger charge is -2.32. The summed E-state index contributed by atoms with van der Waals surface area (Å²) in [5, 5.41) is 0. The summed E-state index contributed by atoms with van der Waals surface area (Å²) < 4.78 is 12.3. The minimum absolute atomic E-state index is 0.235. The van der Waals surface area contributed by atoms with Crippen molar-refractivity contribution in [3.8, 4) is 0 Å². The van der Waals surface area contributed by atoms with E-state index in [1.807, 2.05) is 0 Å². The van der Waals surface area contributed by atoms with Gasteiger partial charge in [0.1, 0.15) is 0 Å². The van der Waals surface area contributed by atoms with Crippen LogP contribution in [0.2, 0.25) is 0 Å². The third-order valence-electron chi connectivity index (χ3n) is 4.76. The highest BCUT2D eigenvalue weighted by atomic mass is 16.7. The standard InChI is InChI=1S/C15H22BNO2/c1-14(2)15(3,4)19-16(18-14)13-7-5-6-10-8-11(17)9-12(10)13/h5-7,11H,8-9,17H2,1-4H3/t11-/m0/s1. The van der Waals surface area contributed by atoms with Gasteiger partial charge in [0, 0.05) is 6.04 Å². The summed E-state index contributed by atoms with van der Waals surface area (Å²) in [5.41, 5.74) is 9.33. The molecule has 0 saturated carbocycles. The van der Waals surface area contributed by atoms with Gasteiger partial charge >= 0.3 is 7.12 Å². The first-order valence-electron chi connectivity index (χ1n) is 7.02. The first-order valence-corrected chi connectivity index (χ1v) is 7.02. The van der Waals surface area contributed by atoms with Crippen molar-refractivity contribution in [2.45, 2.75) is 57.8 Å². The van der Waals surface area contributed by atoms with Crippen molar-refractivity contribution in [1.82, 2.24) is 0 Å². The Morgan fingerprint density at radius 3 is 2.37 bits per heavy atom. The topological polar surface area (TPSA) is 44.5 Å². The predicted octanol–water partition coefficient (Wildman–Crippen LogP) is 1.41. The van der Waals surface area contributed by atoms with E-state index in [-0.39, 0.29) is 24.4 Å². The zero-order chi connectivity index (χ0) is 13.8. The third-order valence-corrected chi connectivity index (χ3v) is 4.76. The number of nitrogens with two attached hydrogens (primary N) is 1. The monoisotopic (exact) mass is 259 g/mol. The summed E-state index contributed by atoms with van der Waals surface area (Å²) in [6.45, 7) is 8.34. The molecule has 102 valence electrons. The number of hydrogen-bond acceptors (Lipinski definition) is 3. The Morgan fingerprint density at radius 2 is 1.74 bits per heavy atom. The molecule has 0 radical (unpaired) electrons. The molecule has 0 amide bonds. The molecule has 0 spiro atoms. The molecule has 0 unspecified atom stereocenters. The van der Waals surface area contributed by atoms with E-state index in [9.17, 15) is 0 Å². The fraction of sp³-hybridized carbons (Fsp3) is 0.600. The molecule has 1 heterocycles. The van der Waals surface area contributed by atoms with Crippen molar-refractivity contribution in [1.29, 1.82) is 0 Å². The van der Waals surface area contributed by atoms with Crippen LogP contribution < -0.4 is 11.2 Å². The number of fused-ring (bicyclic) bond motifs is 1. The van der Waals surface area contributed by atoms with Gasteiger partial charge < -0.3 is 15.0 Å². The van der Waals surface area contributed by atoms with Crippen LogP contribution in [-0.2, 0) is 22.2 Å². The van der Waals surface area contributed by atoms with Crippen molar-refractivity contribution in [2.24, 2.45) is 5.73 Å². The molecule has 19 heavy (non-hydrogen) atoms. The molecule has 0 aromatic heterocycles. The normalized spacial score (nSPS) is 27.6. The van der Waals surface area contributed by atoms with E-state index in [1.54, 1.807) is 0 Å². The van der Waals surface area contributed by atoms with Gasteiger partial charge in [-0.2, -0.15) is 0 Å². The van der Waals surface area contributed by atoms with Gasteiger partial charge in [0.25, 0.3) is 0 Å². The van der Waals surface area contributed by atoms with Crippen LogP contribution in [0.25, 0.3) is 0 Å². The summed E-state index contributed by atoms with van der Waals surface area (Å²) in [6, 6.07) is 6.59. The lowest BCUT2D eigenvalue weighted by atomic mass is 9.75. The molecular formula is C15H22BNO2. The molecule has 1 saturated heterocycles. The highest BCUT2D eigenvalue weighted by Crippen LogP contribution is 2.37. The van der Waals surface area contributed by atoms with Gasteiger partial charge in [-0.05, 0) is 57.1 Å². The second kappa shape index (κ2) is 4.08. The average molecular weight is 259 g/mol. The molecular weight excluding hydrogens is 237 g/mol. The molecule has 1 aromatic carbocycles. The molecule has 3 rings (SSSR count). The summed E-state index contributed by atoms with van der Waals surface area (Å²) >= 11 is 0. The summed E-state index contributed by atoms with van der Waals surface area (Å²) in [4.78, 5) is 0. The van der Waals surface area contributed by atoms with Crippen LogP contribution in [0.1, 0.15) is 38.8 Å². The van der Waals surface area contributed by atoms with Crippen LogP contribution >= 0.6 is 0 Å². The number of benzene rings is 1. The smallest absolute Gasteiger partial charge is 0.399 e. The van der Waals surface area contributed by atoms with Crippen molar-refractivity contribution in [2.75, 3.05) is 0 Å². The van der Waals surface area contributed by atoms with Crippen LogP contribution in [0.4, 0.5) is 0 Å². The fourth-order valence-electron chi connectivity index (χ4n) is 2.90. The Hall–Kier alpha value is -0.835. The van der Waals surface area contributed by atoms with Gasteiger partial charge in [-0.15, -0.1) is 0 Å². The second-order valence-corrected chi connectivity index (χ2v) is 6.74.